The number of aromatic nitrogens is 1. The number of hydrogen-bond acceptors (Lipinski definition) is 3. The molecule has 1 aliphatic heterocycles. The van der Waals surface area contributed by atoms with E-state index in [9.17, 15) is 9.18 Å². The lowest BCUT2D eigenvalue weighted by molar-refractivity contribution is 0.102. The molecule has 0 saturated carbocycles. The number of pyridine rings is 1. The molecule has 0 aliphatic carbocycles. The lowest BCUT2D eigenvalue weighted by Gasteiger charge is -2.22. The van der Waals surface area contributed by atoms with Gasteiger partial charge in [-0.1, -0.05) is 52.5 Å². The third-order valence-electron chi connectivity index (χ3n) is 3.88. The summed E-state index contributed by atoms with van der Waals surface area (Å²) in [7, 11) is 0. The molecule has 132 valence electrons. The molecule has 1 N–H and O–H groups in total. The summed E-state index contributed by atoms with van der Waals surface area (Å²) in [5.74, 6) is -1.28. The minimum absolute atomic E-state index is 0.0477. The second kappa shape index (κ2) is 7.54. The van der Waals surface area contributed by atoms with Crippen molar-refractivity contribution in [3.05, 3.63) is 49.9 Å². The lowest BCUT2D eigenvalue weighted by Crippen LogP contribution is -2.22. The van der Waals surface area contributed by atoms with Crippen LogP contribution in [0.15, 0.2) is 18.2 Å². The van der Waals surface area contributed by atoms with Gasteiger partial charge >= 0.3 is 0 Å². The van der Waals surface area contributed by atoms with Gasteiger partial charge in [0.1, 0.15) is 22.4 Å². The van der Waals surface area contributed by atoms with Crippen LogP contribution in [0.25, 0.3) is 0 Å². The van der Waals surface area contributed by atoms with Crippen molar-refractivity contribution in [2.24, 2.45) is 0 Å². The zero-order valence-electron chi connectivity index (χ0n) is 12.8. The van der Waals surface area contributed by atoms with Crippen LogP contribution in [0.4, 0.5) is 15.8 Å². The first-order valence-corrected chi connectivity index (χ1v) is 8.96. The van der Waals surface area contributed by atoms with Crippen molar-refractivity contribution in [3.63, 3.8) is 0 Å². The van der Waals surface area contributed by atoms with E-state index >= 15 is 0 Å². The molecule has 4 nitrogen and oxygen atoms in total. The van der Waals surface area contributed by atoms with Gasteiger partial charge in [0.2, 0.25) is 0 Å². The maximum absolute atomic E-state index is 14.3. The Labute approximate surface area is 163 Å². The summed E-state index contributed by atoms with van der Waals surface area (Å²) in [6.45, 7) is 1.59. The van der Waals surface area contributed by atoms with Gasteiger partial charge in [-0.25, -0.2) is 9.37 Å². The van der Waals surface area contributed by atoms with Crippen LogP contribution in [0.5, 0.6) is 0 Å². The van der Waals surface area contributed by atoms with Crippen molar-refractivity contribution in [3.8, 4) is 0 Å². The topological polar surface area (TPSA) is 45.2 Å². The van der Waals surface area contributed by atoms with Gasteiger partial charge in [-0.2, -0.15) is 0 Å². The molecule has 1 aromatic heterocycles. The van der Waals surface area contributed by atoms with Crippen molar-refractivity contribution in [2.45, 2.75) is 12.8 Å². The average Bonchev–Trinajstić information content (AvgIpc) is 3.12. The van der Waals surface area contributed by atoms with E-state index < -0.39 is 11.7 Å². The molecule has 1 fully saturated rings. The molecule has 0 bridgehead atoms. The predicted octanol–water partition coefficient (Wildman–Crippen LogP) is 5.69. The Morgan fingerprint density at radius 1 is 1.08 bits per heavy atom. The number of hydrogen-bond donors (Lipinski definition) is 1. The smallest absolute Gasteiger partial charge is 0.276 e. The summed E-state index contributed by atoms with van der Waals surface area (Å²) >= 11 is 23.7. The standard InChI is InChI=1S/C16H12Cl4FN3O/c17-10-11(18)14(22-15(20)12(10)19)16(25)23-13-8(21)4-3-5-9(13)24-6-1-2-7-24/h3-5H,1-2,6-7H2,(H,23,25). The number of para-hydroxylation sites is 1. The molecule has 0 spiro atoms. The lowest BCUT2D eigenvalue weighted by atomic mass is 10.2. The summed E-state index contributed by atoms with van der Waals surface area (Å²) in [6, 6.07) is 4.62. The Kier molecular flexibility index (Phi) is 5.58. The summed E-state index contributed by atoms with van der Waals surface area (Å²) in [4.78, 5) is 18.4. The van der Waals surface area contributed by atoms with E-state index in [0.717, 1.165) is 25.9 Å². The number of benzene rings is 1. The molecule has 25 heavy (non-hydrogen) atoms. The predicted molar refractivity (Wildman–Crippen MR) is 100 cm³/mol. The summed E-state index contributed by atoms with van der Waals surface area (Å²) in [6.07, 6.45) is 2.03. The van der Waals surface area contributed by atoms with Gasteiger partial charge in [0, 0.05) is 13.1 Å². The molecular formula is C16H12Cl4FN3O. The van der Waals surface area contributed by atoms with Gasteiger partial charge in [0.05, 0.1) is 20.8 Å². The first kappa shape index (κ1) is 18.5. The molecule has 1 aromatic carbocycles. The quantitative estimate of drug-likeness (QED) is 0.646. The van der Waals surface area contributed by atoms with E-state index in [1.807, 2.05) is 4.90 Å². The Bertz CT molecular complexity index is 841. The molecule has 0 unspecified atom stereocenters. The van der Waals surface area contributed by atoms with Crippen LogP contribution in [-0.4, -0.2) is 24.0 Å². The van der Waals surface area contributed by atoms with Crippen LogP contribution < -0.4 is 10.2 Å². The van der Waals surface area contributed by atoms with Crippen LogP contribution in [0, 0.1) is 5.82 Å². The SMILES string of the molecule is O=C(Nc1c(F)cccc1N1CCCC1)c1nc(Cl)c(Cl)c(Cl)c1Cl. The zero-order valence-corrected chi connectivity index (χ0v) is 15.8. The van der Waals surface area contributed by atoms with Gasteiger partial charge in [0.15, 0.2) is 0 Å². The molecule has 0 radical (unpaired) electrons. The average molecular weight is 423 g/mol. The van der Waals surface area contributed by atoms with E-state index in [0.29, 0.717) is 5.69 Å². The minimum Gasteiger partial charge on any atom is -0.370 e. The molecular weight excluding hydrogens is 411 g/mol. The highest BCUT2D eigenvalue weighted by Crippen LogP contribution is 2.37. The maximum Gasteiger partial charge on any atom is 0.276 e. The van der Waals surface area contributed by atoms with Crippen molar-refractivity contribution in [2.75, 3.05) is 23.3 Å². The van der Waals surface area contributed by atoms with Crippen LogP contribution in [0.2, 0.25) is 20.2 Å². The van der Waals surface area contributed by atoms with Gasteiger partial charge in [-0.05, 0) is 25.0 Å². The van der Waals surface area contributed by atoms with Gasteiger partial charge < -0.3 is 10.2 Å². The number of halogens is 5. The molecule has 3 rings (SSSR count). The van der Waals surface area contributed by atoms with E-state index in [2.05, 4.69) is 10.3 Å². The Balaban J connectivity index is 1.97. The molecule has 2 aromatic rings. The summed E-state index contributed by atoms with van der Waals surface area (Å²) in [5, 5.41) is 2.09. The Morgan fingerprint density at radius 3 is 2.44 bits per heavy atom. The largest absolute Gasteiger partial charge is 0.370 e. The third kappa shape index (κ3) is 3.65. The number of carbonyl (C=O) groups excluding carboxylic acids is 1. The highest BCUT2D eigenvalue weighted by atomic mass is 35.5. The number of carbonyl (C=O) groups is 1. The van der Waals surface area contributed by atoms with Crippen molar-refractivity contribution >= 4 is 63.7 Å². The molecule has 0 atom stereocenters. The number of nitrogens with one attached hydrogen (secondary N) is 1. The first-order chi connectivity index (χ1) is 11.9. The molecule has 1 saturated heterocycles. The fourth-order valence-electron chi connectivity index (χ4n) is 2.67. The van der Waals surface area contributed by atoms with Crippen molar-refractivity contribution < 1.29 is 9.18 Å². The van der Waals surface area contributed by atoms with E-state index in [-0.39, 0.29) is 31.6 Å². The fraction of sp³-hybridized carbons (Fsp3) is 0.250. The number of anilines is 2. The number of rotatable bonds is 3. The number of amides is 1. The molecule has 1 aliphatic rings. The number of nitrogens with zero attached hydrogens (tertiary/aromatic N) is 2. The summed E-state index contributed by atoms with van der Waals surface area (Å²) < 4.78 is 14.3. The maximum atomic E-state index is 14.3. The third-order valence-corrected chi connectivity index (χ3v) is 5.55. The van der Waals surface area contributed by atoms with Gasteiger partial charge in [-0.15, -0.1) is 0 Å². The fourth-order valence-corrected chi connectivity index (χ4v) is 3.48. The van der Waals surface area contributed by atoms with Crippen LogP contribution in [-0.2, 0) is 0 Å². The Morgan fingerprint density at radius 2 is 1.76 bits per heavy atom. The summed E-state index contributed by atoms with van der Waals surface area (Å²) in [5.41, 5.74) is 0.444. The van der Waals surface area contributed by atoms with Crippen LogP contribution in [0.3, 0.4) is 0 Å². The van der Waals surface area contributed by atoms with Gasteiger partial charge in [-0.3, -0.25) is 4.79 Å². The Hall–Kier alpha value is -1.27. The van der Waals surface area contributed by atoms with Gasteiger partial charge in [0.25, 0.3) is 5.91 Å². The van der Waals surface area contributed by atoms with Crippen molar-refractivity contribution in [1.29, 1.82) is 0 Å². The molecule has 2 heterocycles. The van der Waals surface area contributed by atoms with Crippen LogP contribution >= 0.6 is 46.4 Å². The zero-order chi connectivity index (χ0) is 18.1. The minimum atomic E-state index is -0.726. The monoisotopic (exact) mass is 421 g/mol. The van der Waals surface area contributed by atoms with E-state index in [4.69, 9.17) is 46.4 Å². The van der Waals surface area contributed by atoms with E-state index in [1.165, 1.54) is 6.07 Å². The van der Waals surface area contributed by atoms with E-state index in [1.54, 1.807) is 12.1 Å². The second-order valence-corrected chi connectivity index (χ2v) is 6.97. The molecule has 1 amide bonds. The first-order valence-electron chi connectivity index (χ1n) is 7.45. The highest BCUT2D eigenvalue weighted by molar-refractivity contribution is 6.52. The molecule has 9 heteroatoms. The second-order valence-electron chi connectivity index (χ2n) is 5.48. The normalized spacial score (nSPS) is 14.0. The van der Waals surface area contributed by atoms with Crippen molar-refractivity contribution in [1.82, 2.24) is 4.98 Å². The highest BCUT2D eigenvalue weighted by Gasteiger charge is 2.24. The van der Waals surface area contributed by atoms with Crippen LogP contribution in [0.1, 0.15) is 23.3 Å².